The number of benzene rings is 1. The predicted molar refractivity (Wildman–Crippen MR) is 54.4 cm³/mol. The van der Waals surface area contributed by atoms with Gasteiger partial charge in [0.1, 0.15) is 0 Å². The highest BCUT2D eigenvalue weighted by Crippen LogP contribution is 2.60. The number of hydrogen-bond donors (Lipinski definition) is 1. The van der Waals surface area contributed by atoms with Crippen LogP contribution in [0.4, 0.5) is 8.78 Å². The molecule has 2 rings (SSSR count). The van der Waals surface area contributed by atoms with E-state index in [-0.39, 0.29) is 6.54 Å². The molecular weight excluding hydrogens is 252 g/mol. The second-order valence-electron chi connectivity index (χ2n) is 3.55. The zero-order valence-electron chi connectivity index (χ0n) is 7.38. The van der Waals surface area contributed by atoms with Crippen LogP contribution in [0, 0.1) is 5.92 Å². The quantitative estimate of drug-likeness (QED) is 0.871. The lowest BCUT2D eigenvalue weighted by atomic mass is 10.1. The summed E-state index contributed by atoms with van der Waals surface area (Å²) in [4.78, 5) is 0. The Labute approximate surface area is 89.4 Å². The molecular formula is C10H10BrF2N. The third kappa shape index (κ3) is 1.46. The molecule has 0 heterocycles. The smallest absolute Gasteiger partial charge is 0.260 e. The summed E-state index contributed by atoms with van der Waals surface area (Å²) >= 11 is 3.26. The molecule has 1 fully saturated rings. The monoisotopic (exact) mass is 261 g/mol. The summed E-state index contributed by atoms with van der Waals surface area (Å²) in [6, 6.07) is 6.99. The minimum atomic E-state index is -2.61. The summed E-state index contributed by atoms with van der Waals surface area (Å²) < 4.78 is 27.2. The number of nitrogens with two attached hydrogens (primary N) is 1. The molecule has 0 saturated heterocycles. The maximum Gasteiger partial charge on any atom is 0.260 e. The van der Waals surface area contributed by atoms with E-state index in [1.807, 2.05) is 0 Å². The van der Waals surface area contributed by atoms with E-state index in [4.69, 9.17) is 5.73 Å². The largest absolute Gasteiger partial charge is 0.330 e. The van der Waals surface area contributed by atoms with E-state index in [0.29, 0.717) is 5.56 Å². The molecule has 0 aliphatic heterocycles. The topological polar surface area (TPSA) is 26.0 Å². The number of rotatable bonds is 2. The van der Waals surface area contributed by atoms with E-state index in [0.717, 1.165) is 4.47 Å². The molecule has 2 atom stereocenters. The van der Waals surface area contributed by atoms with Crippen LogP contribution in [-0.2, 0) is 0 Å². The van der Waals surface area contributed by atoms with Crippen LogP contribution in [0.5, 0.6) is 0 Å². The average molecular weight is 262 g/mol. The van der Waals surface area contributed by atoms with Gasteiger partial charge in [0.05, 0.1) is 5.92 Å². The zero-order valence-corrected chi connectivity index (χ0v) is 8.97. The standard InChI is InChI=1S/C10H10BrF2N/c11-7-3-1-6(2-4-7)9-8(5-14)10(9,12)13/h1-4,8-9H,5,14H2/t8-,9-/m0/s1. The van der Waals surface area contributed by atoms with Gasteiger partial charge in [-0.3, -0.25) is 0 Å². The zero-order chi connectivity index (χ0) is 10.3. The van der Waals surface area contributed by atoms with Crippen molar-refractivity contribution in [2.24, 2.45) is 11.7 Å². The second kappa shape index (κ2) is 3.28. The van der Waals surface area contributed by atoms with Gasteiger partial charge >= 0.3 is 0 Å². The Morgan fingerprint density at radius 1 is 1.29 bits per heavy atom. The summed E-state index contributed by atoms with van der Waals surface area (Å²) in [6.07, 6.45) is 0. The summed E-state index contributed by atoms with van der Waals surface area (Å²) in [5.74, 6) is -3.97. The van der Waals surface area contributed by atoms with Crippen LogP contribution in [0.25, 0.3) is 0 Å². The lowest BCUT2D eigenvalue weighted by Crippen LogP contribution is -2.06. The lowest BCUT2D eigenvalue weighted by molar-refractivity contribution is 0.0947. The molecule has 14 heavy (non-hydrogen) atoms. The van der Waals surface area contributed by atoms with Crippen molar-refractivity contribution < 1.29 is 8.78 Å². The molecule has 1 nitrogen and oxygen atoms in total. The molecule has 1 saturated carbocycles. The van der Waals surface area contributed by atoms with Crippen LogP contribution >= 0.6 is 15.9 Å². The van der Waals surface area contributed by atoms with Crippen LogP contribution in [0.1, 0.15) is 11.5 Å². The van der Waals surface area contributed by atoms with Crippen molar-refractivity contribution in [2.75, 3.05) is 6.54 Å². The summed E-state index contributed by atoms with van der Waals surface area (Å²) in [7, 11) is 0. The Kier molecular flexibility index (Phi) is 2.35. The molecule has 76 valence electrons. The van der Waals surface area contributed by atoms with Crippen molar-refractivity contribution in [1.82, 2.24) is 0 Å². The van der Waals surface area contributed by atoms with Gasteiger partial charge in [0.2, 0.25) is 0 Å². The summed E-state index contributed by atoms with van der Waals surface area (Å²) in [6.45, 7) is 0.0493. The molecule has 0 radical (unpaired) electrons. The first-order chi connectivity index (χ1) is 6.57. The minimum absolute atomic E-state index is 0.0493. The summed E-state index contributed by atoms with van der Waals surface area (Å²) in [5, 5.41) is 0. The molecule has 0 bridgehead atoms. The molecule has 4 heteroatoms. The molecule has 0 spiro atoms. The van der Waals surface area contributed by atoms with E-state index in [2.05, 4.69) is 15.9 Å². The van der Waals surface area contributed by atoms with Gasteiger partial charge in [0.15, 0.2) is 0 Å². The third-order valence-electron chi connectivity index (χ3n) is 2.69. The second-order valence-corrected chi connectivity index (χ2v) is 4.46. The van der Waals surface area contributed by atoms with E-state index in [9.17, 15) is 8.78 Å². The molecule has 1 aliphatic rings. The molecule has 0 aromatic heterocycles. The van der Waals surface area contributed by atoms with Crippen LogP contribution in [-0.4, -0.2) is 12.5 Å². The highest BCUT2D eigenvalue weighted by Gasteiger charge is 2.67. The number of hydrogen-bond acceptors (Lipinski definition) is 1. The van der Waals surface area contributed by atoms with Gasteiger partial charge in [-0.2, -0.15) is 0 Å². The molecule has 1 aromatic rings. The van der Waals surface area contributed by atoms with Gasteiger partial charge in [-0.05, 0) is 17.7 Å². The Hall–Kier alpha value is -0.480. The fourth-order valence-electron chi connectivity index (χ4n) is 1.81. The Bertz CT molecular complexity index is 336. The van der Waals surface area contributed by atoms with Gasteiger partial charge in [0, 0.05) is 16.9 Å². The predicted octanol–water partition coefficient (Wildman–Crippen LogP) is 2.76. The van der Waals surface area contributed by atoms with E-state index in [1.165, 1.54) is 0 Å². The van der Waals surface area contributed by atoms with Gasteiger partial charge in [-0.1, -0.05) is 28.1 Å². The number of alkyl halides is 2. The van der Waals surface area contributed by atoms with Crippen LogP contribution in [0.15, 0.2) is 28.7 Å². The van der Waals surface area contributed by atoms with Gasteiger partial charge in [0.25, 0.3) is 5.92 Å². The lowest BCUT2D eigenvalue weighted by Gasteiger charge is -1.98. The van der Waals surface area contributed by atoms with Crippen LogP contribution in [0.3, 0.4) is 0 Å². The molecule has 0 amide bonds. The summed E-state index contributed by atoms with van der Waals surface area (Å²) in [5.41, 5.74) is 5.95. The van der Waals surface area contributed by atoms with Crippen molar-refractivity contribution in [3.63, 3.8) is 0 Å². The van der Waals surface area contributed by atoms with Crippen LogP contribution < -0.4 is 5.73 Å². The van der Waals surface area contributed by atoms with E-state index >= 15 is 0 Å². The van der Waals surface area contributed by atoms with Crippen molar-refractivity contribution in [2.45, 2.75) is 11.8 Å². The molecule has 2 N–H and O–H groups in total. The minimum Gasteiger partial charge on any atom is -0.330 e. The SMILES string of the molecule is NC[C@H]1[C@H](c2ccc(Br)cc2)C1(F)F. The van der Waals surface area contributed by atoms with Crippen molar-refractivity contribution in [1.29, 1.82) is 0 Å². The van der Waals surface area contributed by atoms with E-state index < -0.39 is 17.8 Å². The van der Waals surface area contributed by atoms with Gasteiger partial charge < -0.3 is 5.73 Å². The maximum absolute atomic E-state index is 13.2. The van der Waals surface area contributed by atoms with Crippen molar-refractivity contribution >= 4 is 15.9 Å². The Morgan fingerprint density at radius 2 is 1.86 bits per heavy atom. The van der Waals surface area contributed by atoms with Crippen molar-refractivity contribution in [3.8, 4) is 0 Å². The third-order valence-corrected chi connectivity index (χ3v) is 3.21. The highest BCUT2D eigenvalue weighted by atomic mass is 79.9. The first kappa shape index (κ1) is 10.1. The first-order valence-electron chi connectivity index (χ1n) is 4.40. The first-order valence-corrected chi connectivity index (χ1v) is 5.20. The van der Waals surface area contributed by atoms with E-state index in [1.54, 1.807) is 24.3 Å². The maximum atomic E-state index is 13.2. The fraction of sp³-hybridized carbons (Fsp3) is 0.400. The van der Waals surface area contributed by atoms with Crippen LogP contribution in [0.2, 0.25) is 0 Å². The molecule has 0 unspecified atom stereocenters. The number of halogens is 3. The highest BCUT2D eigenvalue weighted by molar-refractivity contribution is 9.10. The molecule has 1 aliphatic carbocycles. The fourth-order valence-corrected chi connectivity index (χ4v) is 2.07. The average Bonchev–Trinajstić information content (AvgIpc) is 2.69. The van der Waals surface area contributed by atoms with Gasteiger partial charge in [-0.25, -0.2) is 8.78 Å². The Morgan fingerprint density at radius 3 is 2.29 bits per heavy atom. The normalized spacial score (nSPS) is 28.9. The molecule has 1 aromatic carbocycles. The van der Waals surface area contributed by atoms with Crippen molar-refractivity contribution in [3.05, 3.63) is 34.3 Å². The Balaban J connectivity index is 2.22. The van der Waals surface area contributed by atoms with Gasteiger partial charge in [-0.15, -0.1) is 0 Å².